The van der Waals surface area contributed by atoms with Gasteiger partial charge >= 0.3 is 0 Å². The first-order valence-corrected chi connectivity index (χ1v) is 11.0. The van der Waals surface area contributed by atoms with Crippen molar-refractivity contribution in [1.29, 1.82) is 0 Å². The largest absolute Gasteiger partial charge is 0.484 e. The van der Waals surface area contributed by atoms with Crippen molar-refractivity contribution in [2.45, 2.75) is 24.9 Å². The number of amides is 1. The van der Waals surface area contributed by atoms with Crippen LogP contribution in [0.5, 0.6) is 5.75 Å². The second-order valence-corrected chi connectivity index (χ2v) is 8.60. The highest BCUT2D eigenvalue weighted by Gasteiger charge is 2.14. The minimum Gasteiger partial charge on any atom is -0.484 e. The third-order valence-corrected chi connectivity index (χ3v) is 5.80. The average Bonchev–Trinajstić information content (AvgIpc) is 2.76. The molecule has 0 radical (unpaired) electrons. The maximum Gasteiger partial charge on any atom is 0.258 e. The Morgan fingerprint density at radius 2 is 1.57 bits per heavy atom. The van der Waals surface area contributed by atoms with Crippen molar-refractivity contribution in [2.75, 3.05) is 6.61 Å². The van der Waals surface area contributed by atoms with Gasteiger partial charge in [-0.1, -0.05) is 60.2 Å². The molecule has 0 saturated carbocycles. The van der Waals surface area contributed by atoms with Crippen LogP contribution in [-0.2, 0) is 27.9 Å². The molecule has 0 bridgehead atoms. The molecule has 6 nitrogen and oxygen atoms in total. The Hall–Kier alpha value is -3.16. The zero-order valence-corrected chi connectivity index (χ0v) is 17.5. The first-order chi connectivity index (χ1) is 14.4. The van der Waals surface area contributed by atoms with E-state index in [1.54, 1.807) is 0 Å². The number of rotatable bonds is 9. The third kappa shape index (κ3) is 6.43. The zero-order valence-electron chi connectivity index (χ0n) is 16.7. The lowest BCUT2D eigenvalue weighted by Gasteiger charge is -2.10. The summed E-state index contributed by atoms with van der Waals surface area (Å²) in [7, 11) is -3.63. The van der Waals surface area contributed by atoms with Crippen molar-refractivity contribution in [1.82, 2.24) is 10.0 Å². The van der Waals surface area contributed by atoms with Gasteiger partial charge < -0.3 is 10.1 Å². The van der Waals surface area contributed by atoms with Crippen molar-refractivity contribution in [3.05, 3.63) is 95.6 Å². The molecule has 0 aliphatic heterocycles. The summed E-state index contributed by atoms with van der Waals surface area (Å²) in [5.41, 5.74) is 3.02. The molecule has 30 heavy (non-hydrogen) atoms. The molecule has 0 fully saturated rings. The highest BCUT2D eigenvalue weighted by molar-refractivity contribution is 7.89. The van der Waals surface area contributed by atoms with E-state index in [4.69, 9.17) is 4.74 Å². The number of sulfonamides is 1. The molecule has 1 amide bonds. The van der Waals surface area contributed by atoms with E-state index in [1.807, 2.05) is 61.5 Å². The quantitative estimate of drug-likeness (QED) is 0.553. The van der Waals surface area contributed by atoms with Gasteiger partial charge in [0, 0.05) is 13.1 Å². The Morgan fingerprint density at radius 3 is 2.27 bits per heavy atom. The summed E-state index contributed by atoms with van der Waals surface area (Å²) in [4.78, 5) is 12.1. The molecule has 3 aromatic rings. The SMILES string of the molecule is Cc1cccc(CNC(=O)COc2ccc(S(=O)(=O)NCc3ccccc3)cc2)c1. The van der Waals surface area contributed by atoms with Crippen molar-refractivity contribution < 1.29 is 17.9 Å². The molecule has 156 valence electrons. The monoisotopic (exact) mass is 424 g/mol. The number of ether oxygens (including phenoxy) is 1. The van der Waals surface area contributed by atoms with Crippen LogP contribution >= 0.6 is 0 Å². The summed E-state index contributed by atoms with van der Waals surface area (Å²) >= 11 is 0. The molecule has 0 atom stereocenters. The van der Waals surface area contributed by atoms with Crippen LogP contribution in [0.2, 0.25) is 0 Å². The van der Waals surface area contributed by atoms with Crippen LogP contribution in [0.25, 0.3) is 0 Å². The molecular weight excluding hydrogens is 400 g/mol. The fourth-order valence-corrected chi connectivity index (χ4v) is 3.81. The highest BCUT2D eigenvalue weighted by Crippen LogP contribution is 2.16. The summed E-state index contributed by atoms with van der Waals surface area (Å²) in [5, 5.41) is 2.79. The van der Waals surface area contributed by atoms with Crippen molar-refractivity contribution >= 4 is 15.9 Å². The van der Waals surface area contributed by atoms with E-state index in [9.17, 15) is 13.2 Å². The Kier molecular flexibility index (Phi) is 7.21. The number of benzene rings is 3. The number of carbonyl (C=O) groups excluding carboxylic acids is 1. The van der Waals surface area contributed by atoms with Gasteiger partial charge in [-0.25, -0.2) is 13.1 Å². The topological polar surface area (TPSA) is 84.5 Å². The number of hydrogen-bond acceptors (Lipinski definition) is 4. The van der Waals surface area contributed by atoms with Gasteiger partial charge in [-0.3, -0.25) is 4.79 Å². The zero-order chi connectivity index (χ0) is 21.4. The minimum absolute atomic E-state index is 0.134. The van der Waals surface area contributed by atoms with Crippen LogP contribution in [0.3, 0.4) is 0 Å². The fourth-order valence-electron chi connectivity index (χ4n) is 2.80. The molecule has 2 N–H and O–H groups in total. The molecular formula is C23H24N2O4S. The van der Waals surface area contributed by atoms with Crippen molar-refractivity contribution in [3.63, 3.8) is 0 Å². The normalized spacial score (nSPS) is 11.1. The standard InChI is InChI=1S/C23H24N2O4S/c1-18-6-5-9-20(14-18)15-24-23(26)17-29-21-10-12-22(13-11-21)30(27,28)25-16-19-7-3-2-4-8-19/h2-14,25H,15-17H2,1H3,(H,24,26). The van der Waals surface area contributed by atoms with E-state index in [1.165, 1.54) is 24.3 Å². The molecule has 3 aromatic carbocycles. The first kappa shape index (κ1) is 21.5. The van der Waals surface area contributed by atoms with Crippen molar-refractivity contribution in [3.8, 4) is 5.75 Å². The second-order valence-electron chi connectivity index (χ2n) is 6.84. The predicted octanol–water partition coefficient (Wildman–Crippen LogP) is 3.17. The van der Waals surface area contributed by atoms with E-state index in [0.29, 0.717) is 12.3 Å². The Balaban J connectivity index is 1.48. The summed E-state index contributed by atoms with van der Waals surface area (Å²) in [6, 6.07) is 23.1. The van der Waals surface area contributed by atoms with Crippen LogP contribution in [0, 0.1) is 6.92 Å². The first-order valence-electron chi connectivity index (χ1n) is 9.51. The van der Waals surface area contributed by atoms with Gasteiger partial charge in [0.25, 0.3) is 5.91 Å². The Bertz CT molecular complexity index is 1080. The van der Waals surface area contributed by atoms with Gasteiger partial charge in [-0.15, -0.1) is 0 Å². The van der Waals surface area contributed by atoms with E-state index < -0.39 is 10.0 Å². The molecule has 0 unspecified atom stereocenters. The fraction of sp³-hybridized carbons (Fsp3) is 0.174. The summed E-state index contributed by atoms with van der Waals surface area (Å²) in [6.07, 6.45) is 0. The summed E-state index contributed by atoms with van der Waals surface area (Å²) in [6.45, 7) is 2.48. The number of hydrogen-bond donors (Lipinski definition) is 2. The van der Waals surface area contributed by atoms with Gasteiger partial charge in [-0.2, -0.15) is 0 Å². The smallest absolute Gasteiger partial charge is 0.258 e. The maximum atomic E-state index is 12.4. The average molecular weight is 425 g/mol. The molecule has 0 heterocycles. The second kappa shape index (κ2) is 10.0. The predicted molar refractivity (Wildman–Crippen MR) is 115 cm³/mol. The molecule has 0 aromatic heterocycles. The number of carbonyl (C=O) groups is 1. The molecule has 0 saturated heterocycles. The van der Waals surface area contributed by atoms with E-state index in [-0.39, 0.29) is 24.0 Å². The molecule has 3 rings (SSSR count). The summed E-state index contributed by atoms with van der Waals surface area (Å²) in [5.74, 6) is 0.167. The van der Waals surface area contributed by atoms with Crippen molar-refractivity contribution in [2.24, 2.45) is 0 Å². The lowest BCUT2D eigenvalue weighted by molar-refractivity contribution is -0.123. The van der Waals surface area contributed by atoms with Crippen LogP contribution in [0.15, 0.2) is 83.8 Å². The van der Waals surface area contributed by atoms with E-state index >= 15 is 0 Å². The van der Waals surface area contributed by atoms with Gasteiger partial charge in [0.2, 0.25) is 10.0 Å². The van der Waals surface area contributed by atoms with Crippen LogP contribution in [0.1, 0.15) is 16.7 Å². The van der Waals surface area contributed by atoms with Crippen LogP contribution in [-0.4, -0.2) is 20.9 Å². The van der Waals surface area contributed by atoms with Gasteiger partial charge in [0.05, 0.1) is 4.90 Å². The van der Waals surface area contributed by atoms with Gasteiger partial charge in [0.15, 0.2) is 6.61 Å². The minimum atomic E-state index is -3.63. The molecule has 0 aliphatic carbocycles. The van der Waals surface area contributed by atoms with E-state index in [2.05, 4.69) is 10.0 Å². The maximum absolute atomic E-state index is 12.4. The Morgan fingerprint density at radius 1 is 0.867 bits per heavy atom. The lowest BCUT2D eigenvalue weighted by Crippen LogP contribution is -2.28. The molecule has 0 aliphatic rings. The highest BCUT2D eigenvalue weighted by atomic mass is 32.2. The number of nitrogens with one attached hydrogen (secondary N) is 2. The van der Waals surface area contributed by atoms with E-state index in [0.717, 1.165) is 16.7 Å². The summed E-state index contributed by atoms with van der Waals surface area (Å²) < 4.78 is 32.8. The molecule has 0 spiro atoms. The Labute approximate surface area is 177 Å². The van der Waals surface area contributed by atoms with Crippen LogP contribution < -0.4 is 14.8 Å². The number of aryl methyl sites for hydroxylation is 1. The van der Waals surface area contributed by atoms with Gasteiger partial charge in [0.1, 0.15) is 5.75 Å². The van der Waals surface area contributed by atoms with Crippen LogP contribution in [0.4, 0.5) is 0 Å². The lowest BCUT2D eigenvalue weighted by atomic mass is 10.1. The van der Waals surface area contributed by atoms with Gasteiger partial charge in [-0.05, 0) is 42.3 Å². The third-order valence-electron chi connectivity index (χ3n) is 4.39. The molecule has 7 heteroatoms.